The predicted molar refractivity (Wildman–Crippen MR) is 80.3 cm³/mol. The normalized spacial score (nSPS) is 10.1. The summed E-state index contributed by atoms with van der Waals surface area (Å²) in [5, 5.41) is 11.3. The molecule has 21 heavy (non-hydrogen) atoms. The molecule has 0 fully saturated rings. The number of carbonyl (C=O) groups excluding carboxylic acids is 1. The van der Waals surface area contributed by atoms with Gasteiger partial charge in [0.1, 0.15) is 5.75 Å². The van der Waals surface area contributed by atoms with Crippen molar-refractivity contribution in [2.75, 3.05) is 13.2 Å². The second kappa shape index (κ2) is 10.7. The molecule has 2 N–H and O–H groups in total. The van der Waals surface area contributed by atoms with E-state index in [1.807, 2.05) is 30.3 Å². The van der Waals surface area contributed by atoms with Crippen molar-refractivity contribution in [3.63, 3.8) is 0 Å². The standard InChI is InChI=1S/C16H23NO4/c18-15(13-21-14-9-5-4-6-10-14)17-12-8-3-1-2-7-11-16(19)20/h4-6,9-10H,1-3,7-8,11-13H2,(H,17,18)(H,19,20). The molecule has 1 aromatic rings. The summed E-state index contributed by atoms with van der Waals surface area (Å²) >= 11 is 0. The zero-order chi connectivity index (χ0) is 15.3. The Bertz CT molecular complexity index is 420. The Kier molecular flexibility index (Phi) is 8.68. The fourth-order valence-electron chi connectivity index (χ4n) is 1.88. The number of hydrogen-bond acceptors (Lipinski definition) is 3. The van der Waals surface area contributed by atoms with Crippen LogP contribution in [-0.2, 0) is 9.59 Å². The Morgan fingerprint density at radius 3 is 2.38 bits per heavy atom. The van der Waals surface area contributed by atoms with E-state index < -0.39 is 5.97 Å². The minimum atomic E-state index is -0.735. The number of benzene rings is 1. The minimum absolute atomic E-state index is 0.0304. The van der Waals surface area contributed by atoms with Crippen LogP contribution in [0, 0.1) is 0 Å². The molecule has 0 bridgehead atoms. The quantitative estimate of drug-likeness (QED) is 0.615. The highest BCUT2D eigenvalue weighted by Gasteiger charge is 2.01. The van der Waals surface area contributed by atoms with Crippen molar-refractivity contribution in [2.45, 2.75) is 38.5 Å². The van der Waals surface area contributed by atoms with Crippen molar-refractivity contribution in [3.8, 4) is 5.75 Å². The van der Waals surface area contributed by atoms with Crippen LogP contribution in [-0.4, -0.2) is 30.1 Å². The first-order valence-corrected chi connectivity index (χ1v) is 7.35. The lowest BCUT2D eigenvalue weighted by atomic mass is 10.1. The van der Waals surface area contributed by atoms with Crippen molar-refractivity contribution >= 4 is 11.9 Å². The average molecular weight is 293 g/mol. The van der Waals surface area contributed by atoms with Gasteiger partial charge in [-0.25, -0.2) is 0 Å². The molecule has 0 unspecified atom stereocenters. The Balaban J connectivity index is 1.93. The first-order chi connectivity index (χ1) is 10.2. The van der Waals surface area contributed by atoms with Crippen molar-refractivity contribution in [1.82, 2.24) is 5.32 Å². The number of nitrogens with one attached hydrogen (secondary N) is 1. The van der Waals surface area contributed by atoms with Crippen LogP contribution >= 0.6 is 0 Å². The molecule has 5 heteroatoms. The predicted octanol–water partition coefficient (Wildman–Crippen LogP) is 2.61. The molecule has 0 aliphatic heterocycles. The van der Waals surface area contributed by atoms with Gasteiger partial charge in [-0.3, -0.25) is 9.59 Å². The average Bonchev–Trinajstić information content (AvgIpc) is 2.48. The molecule has 1 aromatic carbocycles. The van der Waals surface area contributed by atoms with Gasteiger partial charge in [0.25, 0.3) is 5.91 Å². The molecular formula is C16H23NO4. The third-order valence-corrected chi connectivity index (χ3v) is 3.00. The topological polar surface area (TPSA) is 75.6 Å². The zero-order valence-corrected chi connectivity index (χ0v) is 12.2. The van der Waals surface area contributed by atoms with Crippen LogP contribution in [0.1, 0.15) is 38.5 Å². The molecule has 116 valence electrons. The highest BCUT2D eigenvalue weighted by molar-refractivity contribution is 5.77. The van der Waals surface area contributed by atoms with E-state index in [1.165, 1.54) is 0 Å². The van der Waals surface area contributed by atoms with Gasteiger partial charge in [-0.1, -0.05) is 37.5 Å². The molecule has 1 amide bonds. The van der Waals surface area contributed by atoms with Crippen LogP contribution in [0.3, 0.4) is 0 Å². The molecule has 0 aliphatic carbocycles. The number of ether oxygens (including phenoxy) is 1. The first kappa shape index (κ1) is 17.0. The lowest BCUT2D eigenvalue weighted by molar-refractivity contribution is -0.137. The highest BCUT2D eigenvalue weighted by atomic mass is 16.5. The van der Waals surface area contributed by atoms with Gasteiger partial charge in [-0.2, -0.15) is 0 Å². The summed E-state index contributed by atoms with van der Waals surface area (Å²) in [4.78, 5) is 21.8. The van der Waals surface area contributed by atoms with Crippen molar-refractivity contribution in [1.29, 1.82) is 0 Å². The molecule has 0 heterocycles. The number of carbonyl (C=O) groups is 2. The Morgan fingerprint density at radius 1 is 1.00 bits per heavy atom. The lowest BCUT2D eigenvalue weighted by Crippen LogP contribution is -2.29. The second-order valence-electron chi connectivity index (χ2n) is 4.86. The summed E-state index contributed by atoms with van der Waals surface area (Å²) in [6, 6.07) is 9.23. The van der Waals surface area contributed by atoms with Gasteiger partial charge in [-0.15, -0.1) is 0 Å². The van der Waals surface area contributed by atoms with E-state index in [1.54, 1.807) is 0 Å². The van der Waals surface area contributed by atoms with Gasteiger partial charge in [0.15, 0.2) is 6.61 Å². The summed E-state index contributed by atoms with van der Waals surface area (Å²) in [7, 11) is 0. The van der Waals surface area contributed by atoms with Gasteiger partial charge in [0, 0.05) is 13.0 Å². The van der Waals surface area contributed by atoms with Gasteiger partial charge < -0.3 is 15.2 Å². The van der Waals surface area contributed by atoms with E-state index in [0.29, 0.717) is 12.3 Å². The van der Waals surface area contributed by atoms with Crippen LogP contribution in [0.25, 0.3) is 0 Å². The van der Waals surface area contributed by atoms with Crippen LogP contribution in [0.4, 0.5) is 0 Å². The van der Waals surface area contributed by atoms with Gasteiger partial charge in [-0.05, 0) is 25.0 Å². The van der Waals surface area contributed by atoms with Crippen LogP contribution in [0.15, 0.2) is 30.3 Å². The Hall–Kier alpha value is -2.04. The summed E-state index contributed by atoms with van der Waals surface area (Å²) in [5.41, 5.74) is 0. The largest absolute Gasteiger partial charge is 0.484 e. The van der Waals surface area contributed by atoms with Crippen LogP contribution < -0.4 is 10.1 Å². The minimum Gasteiger partial charge on any atom is -0.484 e. The van der Waals surface area contributed by atoms with Gasteiger partial charge >= 0.3 is 5.97 Å². The number of carboxylic acid groups (broad SMARTS) is 1. The summed E-state index contributed by atoms with van der Waals surface area (Å²) in [6.07, 6.45) is 4.81. The molecule has 0 spiro atoms. The number of hydrogen-bond donors (Lipinski definition) is 2. The van der Waals surface area contributed by atoms with E-state index in [2.05, 4.69) is 5.32 Å². The van der Waals surface area contributed by atoms with Crippen molar-refractivity contribution in [3.05, 3.63) is 30.3 Å². The molecule has 5 nitrogen and oxygen atoms in total. The SMILES string of the molecule is O=C(O)CCCCCCCNC(=O)COc1ccccc1. The number of rotatable bonds is 11. The number of amides is 1. The molecule has 0 radical (unpaired) electrons. The van der Waals surface area contributed by atoms with Gasteiger partial charge in [0.05, 0.1) is 0 Å². The second-order valence-corrected chi connectivity index (χ2v) is 4.86. The fourth-order valence-corrected chi connectivity index (χ4v) is 1.88. The number of aliphatic carboxylic acids is 1. The molecular weight excluding hydrogens is 270 g/mol. The molecule has 1 rings (SSSR count). The molecule has 0 aliphatic rings. The van der Waals surface area contributed by atoms with E-state index in [9.17, 15) is 9.59 Å². The Labute approximate surface area is 125 Å². The summed E-state index contributed by atoms with van der Waals surface area (Å²) < 4.78 is 5.33. The third kappa shape index (κ3) is 9.49. The monoisotopic (exact) mass is 293 g/mol. The van der Waals surface area contributed by atoms with E-state index in [0.717, 1.165) is 32.1 Å². The van der Waals surface area contributed by atoms with Crippen molar-refractivity contribution < 1.29 is 19.4 Å². The molecule has 0 aromatic heterocycles. The molecule has 0 atom stereocenters. The van der Waals surface area contributed by atoms with E-state index >= 15 is 0 Å². The number of carboxylic acids is 1. The molecule has 0 saturated carbocycles. The third-order valence-electron chi connectivity index (χ3n) is 3.00. The van der Waals surface area contributed by atoms with E-state index in [-0.39, 0.29) is 18.9 Å². The van der Waals surface area contributed by atoms with Crippen molar-refractivity contribution in [2.24, 2.45) is 0 Å². The maximum Gasteiger partial charge on any atom is 0.303 e. The lowest BCUT2D eigenvalue weighted by Gasteiger charge is -2.07. The Morgan fingerprint density at radius 2 is 1.67 bits per heavy atom. The summed E-state index contributed by atoms with van der Waals surface area (Å²) in [5.74, 6) is -0.170. The number of unbranched alkanes of at least 4 members (excludes halogenated alkanes) is 4. The zero-order valence-electron chi connectivity index (χ0n) is 12.2. The van der Waals surface area contributed by atoms with Crippen LogP contribution in [0.2, 0.25) is 0 Å². The number of para-hydroxylation sites is 1. The first-order valence-electron chi connectivity index (χ1n) is 7.35. The molecule has 0 saturated heterocycles. The van der Waals surface area contributed by atoms with E-state index in [4.69, 9.17) is 9.84 Å². The van der Waals surface area contributed by atoms with Gasteiger partial charge in [0.2, 0.25) is 0 Å². The summed E-state index contributed by atoms with van der Waals surface area (Å²) in [6.45, 7) is 0.665. The smallest absolute Gasteiger partial charge is 0.303 e. The maximum atomic E-state index is 11.5. The maximum absolute atomic E-state index is 11.5. The fraction of sp³-hybridized carbons (Fsp3) is 0.500. The highest BCUT2D eigenvalue weighted by Crippen LogP contribution is 2.07. The van der Waals surface area contributed by atoms with Crippen LogP contribution in [0.5, 0.6) is 5.75 Å².